The van der Waals surface area contributed by atoms with Gasteiger partial charge >= 0.3 is 0 Å². The molecule has 5 atom stereocenters. The quantitative estimate of drug-likeness (QED) is 0.743. The number of hydrogen-bond donors (Lipinski definition) is 2. The van der Waals surface area contributed by atoms with Crippen LogP contribution in [0.15, 0.2) is 0 Å². The molecule has 1 saturated heterocycles. The van der Waals surface area contributed by atoms with Crippen molar-refractivity contribution in [2.75, 3.05) is 6.61 Å². The van der Waals surface area contributed by atoms with Crippen LogP contribution in [0.1, 0.15) is 59.3 Å². The second kappa shape index (κ2) is 3.50. The van der Waals surface area contributed by atoms with E-state index < -0.39 is 5.60 Å². The summed E-state index contributed by atoms with van der Waals surface area (Å²) in [5.41, 5.74) is -0.674. The van der Waals surface area contributed by atoms with Crippen LogP contribution in [0.25, 0.3) is 0 Å². The molecule has 0 bridgehead atoms. The van der Waals surface area contributed by atoms with Gasteiger partial charge in [-0.15, -0.1) is 0 Å². The third-order valence-corrected chi connectivity index (χ3v) is 6.35. The molecule has 0 radical (unpaired) electrons. The van der Waals surface area contributed by atoms with Crippen LogP contribution < -0.4 is 0 Å². The highest BCUT2D eigenvalue weighted by molar-refractivity contribution is 5.25. The Morgan fingerprint density at radius 2 is 2.00 bits per heavy atom. The predicted molar refractivity (Wildman–Crippen MR) is 69.2 cm³/mol. The first-order valence-electron chi connectivity index (χ1n) is 7.32. The zero-order valence-electron chi connectivity index (χ0n) is 11.8. The van der Waals surface area contributed by atoms with Gasteiger partial charge in [0.1, 0.15) is 5.60 Å². The van der Waals surface area contributed by atoms with Crippen LogP contribution in [0.4, 0.5) is 0 Å². The highest BCUT2D eigenvalue weighted by Crippen LogP contribution is 2.71. The number of aliphatic hydroxyl groups excluding tert-OH is 1. The van der Waals surface area contributed by atoms with Gasteiger partial charge in [0, 0.05) is 0 Å². The number of ether oxygens (including phenoxy) is 1. The summed E-state index contributed by atoms with van der Waals surface area (Å²) in [5, 5.41) is 19.7. The third kappa shape index (κ3) is 1.41. The van der Waals surface area contributed by atoms with E-state index >= 15 is 0 Å². The Kier molecular flexibility index (Phi) is 2.51. The first kappa shape index (κ1) is 12.9. The lowest BCUT2D eigenvalue weighted by atomic mass is 9.53. The minimum atomic E-state index is -0.958. The Labute approximate surface area is 110 Å². The Morgan fingerprint density at radius 3 is 2.67 bits per heavy atom. The van der Waals surface area contributed by atoms with Gasteiger partial charge in [-0.25, -0.2) is 0 Å². The molecule has 18 heavy (non-hydrogen) atoms. The zero-order chi connectivity index (χ0) is 13.2. The van der Waals surface area contributed by atoms with E-state index in [0.29, 0.717) is 0 Å². The van der Waals surface area contributed by atoms with Crippen LogP contribution >= 0.6 is 0 Å². The van der Waals surface area contributed by atoms with Crippen molar-refractivity contribution >= 4 is 0 Å². The van der Waals surface area contributed by atoms with Gasteiger partial charge in [0.25, 0.3) is 0 Å². The van der Waals surface area contributed by atoms with Crippen molar-refractivity contribution in [3.05, 3.63) is 0 Å². The molecule has 2 saturated carbocycles. The second-order valence-corrected chi connectivity index (χ2v) is 7.53. The molecule has 1 heterocycles. The van der Waals surface area contributed by atoms with Crippen molar-refractivity contribution in [1.82, 2.24) is 0 Å². The summed E-state index contributed by atoms with van der Waals surface area (Å²) in [7, 11) is 0. The number of hydrogen-bond acceptors (Lipinski definition) is 3. The molecule has 0 unspecified atom stereocenters. The summed E-state index contributed by atoms with van der Waals surface area (Å²) < 4.78 is 6.24. The van der Waals surface area contributed by atoms with Crippen LogP contribution in [0.3, 0.4) is 0 Å². The van der Waals surface area contributed by atoms with Gasteiger partial charge < -0.3 is 14.9 Å². The van der Waals surface area contributed by atoms with Crippen molar-refractivity contribution < 1.29 is 14.9 Å². The average Bonchev–Trinajstić information content (AvgIpc) is 2.92. The molecule has 0 aromatic rings. The van der Waals surface area contributed by atoms with Gasteiger partial charge in [-0.3, -0.25) is 0 Å². The van der Waals surface area contributed by atoms with Gasteiger partial charge in [0.2, 0.25) is 0 Å². The van der Waals surface area contributed by atoms with Crippen LogP contribution in [0, 0.1) is 11.3 Å². The van der Waals surface area contributed by atoms with Crippen molar-refractivity contribution in [1.29, 1.82) is 0 Å². The van der Waals surface area contributed by atoms with Crippen LogP contribution in [-0.2, 0) is 4.74 Å². The van der Waals surface area contributed by atoms with E-state index in [9.17, 15) is 10.2 Å². The fraction of sp³-hybridized carbons (Fsp3) is 1.00. The number of aliphatic hydroxyl groups is 2. The van der Waals surface area contributed by atoms with E-state index in [1.54, 1.807) is 6.92 Å². The molecule has 3 rings (SSSR count). The smallest absolute Gasteiger partial charge is 0.103 e. The molecule has 1 spiro atoms. The van der Waals surface area contributed by atoms with Crippen LogP contribution in [-0.4, -0.2) is 33.6 Å². The molecule has 2 N–H and O–H groups in total. The standard InChI is InChI=1S/C15H26O3/c1-12-6-4-7-14(3)15(12,18-14)9-11(5-8-12)13(2,17)10-16/h11,16-17H,4-10H2,1-3H3/t11-,12-,13+,14-,15+/m1/s1. The first-order chi connectivity index (χ1) is 8.29. The summed E-state index contributed by atoms with van der Waals surface area (Å²) in [6, 6.07) is 0. The number of epoxide rings is 1. The zero-order valence-corrected chi connectivity index (χ0v) is 11.8. The summed E-state index contributed by atoms with van der Waals surface area (Å²) in [4.78, 5) is 0. The monoisotopic (exact) mass is 254 g/mol. The minimum Gasteiger partial charge on any atom is -0.393 e. The molecule has 0 aromatic heterocycles. The molecule has 0 amide bonds. The largest absolute Gasteiger partial charge is 0.393 e. The Balaban J connectivity index is 1.87. The molecule has 0 aromatic carbocycles. The van der Waals surface area contributed by atoms with E-state index in [0.717, 1.165) is 25.7 Å². The third-order valence-electron chi connectivity index (χ3n) is 6.35. The van der Waals surface area contributed by atoms with E-state index in [1.807, 2.05) is 0 Å². The number of rotatable bonds is 2. The molecule has 2 aliphatic carbocycles. The van der Waals surface area contributed by atoms with Gasteiger partial charge in [0.15, 0.2) is 0 Å². The Bertz CT molecular complexity index is 367. The van der Waals surface area contributed by atoms with Gasteiger partial charge in [-0.05, 0) is 63.7 Å². The Hall–Kier alpha value is -0.120. The minimum absolute atomic E-state index is 0.0275. The maximum atomic E-state index is 10.3. The van der Waals surface area contributed by atoms with Crippen LogP contribution in [0.5, 0.6) is 0 Å². The fourth-order valence-electron chi connectivity index (χ4n) is 4.82. The highest BCUT2D eigenvalue weighted by atomic mass is 16.6. The van der Waals surface area contributed by atoms with Gasteiger partial charge in [-0.2, -0.15) is 0 Å². The molecular weight excluding hydrogens is 228 g/mol. The van der Waals surface area contributed by atoms with E-state index in [4.69, 9.17) is 4.74 Å². The highest BCUT2D eigenvalue weighted by Gasteiger charge is 2.77. The molecule has 1 aliphatic heterocycles. The maximum Gasteiger partial charge on any atom is 0.103 e. The van der Waals surface area contributed by atoms with Crippen molar-refractivity contribution in [2.45, 2.75) is 76.1 Å². The molecule has 3 nitrogen and oxygen atoms in total. The van der Waals surface area contributed by atoms with Gasteiger partial charge in [-0.1, -0.05) is 6.92 Å². The molecule has 3 fully saturated rings. The Morgan fingerprint density at radius 1 is 1.28 bits per heavy atom. The molecule has 3 aliphatic rings. The van der Waals surface area contributed by atoms with Crippen LogP contribution in [0.2, 0.25) is 0 Å². The van der Waals surface area contributed by atoms with E-state index in [1.165, 1.54) is 12.8 Å². The predicted octanol–water partition coefficient (Wildman–Crippen LogP) is 2.25. The average molecular weight is 254 g/mol. The molecular formula is C15H26O3. The van der Waals surface area contributed by atoms with Gasteiger partial charge in [0.05, 0.1) is 17.8 Å². The topological polar surface area (TPSA) is 53.0 Å². The summed E-state index contributed by atoms with van der Waals surface area (Å²) in [5.74, 6) is 0.162. The summed E-state index contributed by atoms with van der Waals surface area (Å²) in [6.07, 6.45) is 6.69. The SMILES string of the molecule is C[C@]12CCC[C@@]3(C)O[C@@]13C[C@H]([C@@](C)(O)CO)CC2. The molecule has 104 valence electrons. The van der Waals surface area contributed by atoms with E-state index in [2.05, 4.69) is 13.8 Å². The van der Waals surface area contributed by atoms with E-state index in [-0.39, 0.29) is 29.1 Å². The van der Waals surface area contributed by atoms with Crippen molar-refractivity contribution in [3.63, 3.8) is 0 Å². The lowest BCUT2D eigenvalue weighted by molar-refractivity contribution is -0.0926. The molecule has 3 heteroatoms. The van der Waals surface area contributed by atoms with Crippen molar-refractivity contribution in [3.8, 4) is 0 Å². The summed E-state index contributed by atoms with van der Waals surface area (Å²) in [6.45, 7) is 6.21. The maximum absolute atomic E-state index is 10.3. The lowest BCUT2D eigenvalue weighted by Crippen LogP contribution is -2.53. The lowest BCUT2D eigenvalue weighted by Gasteiger charge is -2.49. The normalized spacial score (nSPS) is 54.2. The second-order valence-electron chi connectivity index (χ2n) is 7.53. The fourth-order valence-corrected chi connectivity index (χ4v) is 4.82. The van der Waals surface area contributed by atoms with Crippen molar-refractivity contribution in [2.24, 2.45) is 11.3 Å². The summed E-state index contributed by atoms with van der Waals surface area (Å²) >= 11 is 0. The first-order valence-corrected chi connectivity index (χ1v) is 7.32.